The van der Waals surface area contributed by atoms with Crippen molar-refractivity contribution in [2.24, 2.45) is 7.05 Å². The Morgan fingerprint density at radius 1 is 1.11 bits per heavy atom. The maximum Gasteiger partial charge on any atom is 0.264 e. The molecule has 0 fully saturated rings. The number of hydrogen-bond donors (Lipinski definition) is 3. The average molecular weight is 369 g/mol. The number of amides is 2. The van der Waals surface area contributed by atoms with Gasteiger partial charge in [0.05, 0.1) is 12.7 Å². The zero-order valence-electron chi connectivity index (χ0n) is 14.9. The van der Waals surface area contributed by atoms with E-state index < -0.39 is 11.8 Å². The number of aryl methyl sites for hydroxylation is 2. The first-order valence-electron chi connectivity index (χ1n) is 8.19. The molecule has 1 aromatic carbocycles. The summed E-state index contributed by atoms with van der Waals surface area (Å²) >= 11 is 0. The molecule has 2 aromatic heterocycles. The van der Waals surface area contributed by atoms with Gasteiger partial charge in [-0.15, -0.1) is 0 Å². The largest absolute Gasteiger partial charge is 0.376 e. The number of rotatable bonds is 5. The molecule has 0 saturated heterocycles. The second-order valence-electron chi connectivity index (χ2n) is 6.00. The van der Waals surface area contributed by atoms with E-state index in [0.717, 1.165) is 15.8 Å². The number of benzene rings is 1. The molecular weight excluding hydrogens is 350 g/mol. The predicted molar refractivity (Wildman–Crippen MR) is 98.7 cm³/mol. The molecule has 0 atom stereocenters. The lowest BCUT2D eigenvalue weighted by atomic mass is 10.2. The summed E-state index contributed by atoms with van der Waals surface area (Å²) in [6.07, 6.45) is 2.67. The van der Waals surface area contributed by atoms with Crippen LogP contribution in [0.5, 0.6) is 0 Å². The van der Waals surface area contributed by atoms with Gasteiger partial charge in [0.15, 0.2) is 5.65 Å². The summed E-state index contributed by atoms with van der Waals surface area (Å²) in [7, 11) is 1.67. The normalized spacial score (nSPS) is 10.6. The third-order valence-electron chi connectivity index (χ3n) is 3.88. The average Bonchev–Trinajstić information content (AvgIpc) is 3.03. The van der Waals surface area contributed by atoms with Crippen LogP contribution in [0.3, 0.4) is 0 Å². The first-order valence-corrected chi connectivity index (χ1v) is 8.19. The number of hydrogen-bond acceptors (Lipinski definition) is 6. The van der Waals surface area contributed by atoms with Gasteiger partial charge in [0, 0.05) is 12.7 Å². The van der Waals surface area contributed by atoms with E-state index in [-0.39, 0.29) is 18.6 Å². The van der Waals surface area contributed by atoms with E-state index in [4.69, 9.17) is 0 Å². The molecule has 3 aromatic rings. The van der Waals surface area contributed by atoms with E-state index in [2.05, 4.69) is 26.3 Å². The molecule has 0 unspecified atom stereocenters. The minimum absolute atomic E-state index is 0.00745. The van der Waals surface area contributed by atoms with Gasteiger partial charge < -0.3 is 5.32 Å². The van der Waals surface area contributed by atoms with Crippen LogP contribution in [-0.4, -0.2) is 37.7 Å². The van der Waals surface area contributed by atoms with E-state index in [1.54, 1.807) is 7.05 Å². The van der Waals surface area contributed by atoms with Gasteiger partial charge in [0.2, 0.25) is 0 Å². The van der Waals surface area contributed by atoms with Crippen LogP contribution in [0.4, 0.5) is 5.69 Å². The van der Waals surface area contributed by atoms with Crippen molar-refractivity contribution < 1.29 is 9.59 Å². The smallest absolute Gasteiger partial charge is 0.264 e. The van der Waals surface area contributed by atoms with Crippen LogP contribution in [0.2, 0.25) is 0 Å². The highest BCUT2D eigenvalue weighted by atomic mass is 16.2. The quantitative estimate of drug-likeness (QED) is 0.531. The molecule has 10 nitrogen and oxygen atoms in total. The van der Waals surface area contributed by atoms with Crippen LogP contribution in [0.15, 0.2) is 41.6 Å². The first-order chi connectivity index (χ1) is 12.9. The van der Waals surface area contributed by atoms with Crippen molar-refractivity contribution in [3.63, 3.8) is 0 Å². The van der Waals surface area contributed by atoms with Gasteiger partial charge in [-0.3, -0.25) is 34.5 Å². The molecule has 2 amide bonds. The summed E-state index contributed by atoms with van der Waals surface area (Å²) in [6, 6.07) is 7.56. The lowest BCUT2D eigenvalue weighted by Gasteiger charge is -2.10. The summed E-state index contributed by atoms with van der Waals surface area (Å²) in [5, 5.41) is 7.22. The van der Waals surface area contributed by atoms with Crippen LogP contribution in [0.25, 0.3) is 11.0 Å². The van der Waals surface area contributed by atoms with Gasteiger partial charge in [-0.25, -0.2) is 4.98 Å². The Morgan fingerprint density at radius 3 is 2.56 bits per heavy atom. The zero-order valence-corrected chi connectivity index (χ0v) is 14.9. The molecule has 27 heavy (non-hydrogen) atoms. The SMILES string of the molecule is Cc1ccc(NCC(=O)NNC(=O)Cn2cnc3c(cnn3C)c2=O)cc1. The number of nitrogens with one attached hydrogen (secondary N) is 3. The van der Waals surface area contributed by atoms with Crippen molar-refractivity contribution in [3.05, 3.63) is 52.7 Å². The van der Waals surface area contributed by atoms with Crippen LogP contribution in [0.1, 0.15) is 5.56 Å². The van der Waals surface area contributed by atoms with E-state index in [9.17, 15) is 14.4 Å². The number of nitrogens with zero attached hydrogens (tertiary/aromatic N) is 4. The molecule has 0 aliphatic heterocycles. The second kappa shape index (κ2) is 7.68. The molecule has 10 heteroatoms. The highest BCUT2D eigenvalue weighted by Crippen LogP contribution is 2.07. The number of anilines is 1. The minimum atomic E-state index is -0.550. The van der Waals surface area contributed by atoms with Crippen LogP contribution >= 0.6 is 0 Å². The van der Waals surface area contributed by atoms with E-state index >= 15 is 0 Å². The van der Waals surface area contributed by atoms with E-state index in [0.29, 0.717) is 11.0 Å². The van der Waals surface area contributed by atoms with Crippen LogP contribution < -0.4 is 21.7 Å². The molecule has 2 heterocycles. The predicted octanol–water partition coefficient (Wildman–Crippen LogP) is -0.302. The second-order valence-corrected chi connectivity index (χ2v) is 6.00. The van der Waals surface area contributed by atoms with Crippen LogP contribution in [0, 0.1) is 6.92 Å². The standard InChI is InChI=1S/C17H19N7O3/c1-11-3-5-12(6-4-11)18-8-14(25)21-22-15(26)9-24-10-19-16-13(17(24)27)7-20-23(16)2/h3-7,10,18H,8-9H2,1-2H3,(H,21,25)(H,22,26). The number of aromatic nitrogens is 4. The number of carbonyl (C=O) groups excluding carboxylic acids is 2. The summed E-state index contributed by atoms with van der Waals surface area (Å²) in [6.45, 7) is 1.69. The lowest BCUT2D eigenvalue weighted by molar-refractivity contribution is -0.128. The van der Waals surface area contributed by atoms with Gasteiger partial charge in [0.1, 0.15) is 18.3 Å². The van der Waals surface area contributed by atoms with Gasteiger partial charge in [-0.05, 0) is 19.1 Å². The first kappa shape index (κ1) is 18.1. The summed E-state index contributed by atoms with van der Waals surface area (Å²) in [5.41, 5.74) is 6.53. The number of fused-ring (bicyclic) bond motifs is 1. The van der Waals surface area contributed by atoms with Crippen LogP contribution in [-0.2, 0) is 23.2 Å². The van der Waals surface area contributed by atoms with Gasteiger partial charge in [0.25, 0.3) is 17.4 Å². The van der Waals surface area contributed by atoms with Crippen molar-refractivity contribution in [1.29, 1.82) is 0 Å². The zero-order chi connectivity index (χ0) is 19.4. The van der Waals surface area contributed by atoms with Crippen molar-refractivity contribution in [2.75, 3.05) is 11.9 Å². The molecule has 3 N–H and O–H groups in total. The van der Waals surface area contributed by atoms with Gasteiger partial charge in [-0.2, -0.15) is 5.10 Å². The molecule has 3 rings (SSSR count). The summed E-state index contributed by atoms with van der Waals surface area (Å²) in [4.78, 5) is 40.2. The van der Waals surface area contributed by atoms with E-state index in [1.165, 1.54) is 17.2 Å². The highest BCUT2D eigenvalue weighted by molar-refractivity contribution is 5.84. The van der Waals surface area contributed by atoms with Gasteiger partial charge in [-0.1, -0.05) is 17.7 Å². The number of carbonyl (C=O) groups is 2. The molecule has 0 saturated carbocycles. The highest BCUT2D eigenvalue weighted by Gasteiger charge is 2.11. The molecule has 0 aliphatic carbocycles. The fourth-order valence-electron chi connectivity index (χ4n) is 2.41. The maximum atomic E-state index is 12.3. The fourth-order valence-corrected chi connectivity index (χ4v) is 2.41. The number of hydrazine groups is 1. The molecule has 0 aliphatic rings. The third-order valence-corrected chi connectivity index (χ3v) is 3.88. The molecule has 140 valence electrons. The Morgan fingerprint density at radius 2 is 1.81 bits per heavy atom. The molecular formula is C17H19N7O3. The lowest BCUT2D eigenvalue weighted by Crippen LogP contribution is -2.46. The van der Waals surface area contributed by atoms with Crippen molar-refractivity contribution in [3.8, 4) is 0 Å². The van der Waals surface area contributed by atoms with Crippen molar-refractivity contribution in [1.82, 2.24) is 30.2 Å². The Balaban J connectivity index is 1.50. The Kier molecular flexibility index (Phi) is 5.15. The topological polar surface area (TPSA) is 123 Å². The monoisotopic (exact) mass is 369 g/mol. The van der Waals surface area contributed by atoms with Crippen molar-refractivity contribution in [2.45, 2.75) is 13.5 Å². The summed E-state index contributed by atoms with van der Waals surface area (Å²) in [5.74, 6) is -0.970. The summed E-state index contributed by atoms with van der Waals surface area (Å²) < 4.78 is 2.62. The molecule has 0 radical (unpaired) electrons. The molecule has 0 bridgehead atoms. The van der Waals surface area contributed by atoms with E-state index in [1.807, 2.05) is 31.2 Å². The molecule has 0 spiro atoms. The Hall–Kier alpha value is -3.69. The Bertz CT molecular complexity index is 1040. The third kappa shape index (κ3) is 4.29. The van der Waals surface area contributed by atoms with Gasteiger partial charge >= 0.3 is 0 Å². The Labute approximate surface area is 154 Å². The fraction of sp³-hybridized carbons (Fsp3) is 0.235. The van der Waals surface area contributed by atoms with Crippen molar-refractivity contribution >= 4 is 28.5 Å². The minimum Gasteiger partial charge on any atom is -0.376 e. The maximum absolute atomic E-state index is 12.3.